The predicted octanol–water partition coefficient (Wildman–Crippen LogP) is 4.55. The Morgan fingerprint density at radius 1 is 1.15 bits per heavy atom. The molecule has 0 aliphatic carbocycles. The van der Waals surface area contributed by atoms with Crippen molar-refractivity contribution < 1.29 is 0 Å². The molecule has 2 rings (SSSR count). The summed E-state index contributed by atoms with van der Waals surface area (Å²) in [4.78, 5) is 4.41. The summed E-state index contributed by atoms with van der Waals surface area (Å²) in [7, 11) is 0. The highest BCUT2D eigenvalue weighted by molar-refractivity contribution is 7.09. The van der Waals surface area contributed by atoms with Crippen molar-refractivity contribution >= 4 is 11.3 Å². The number of hydrogen-bond donors (Lipinski definition) is 1. The molecule has 1 unspecified atom stereocenters. The molecular weight excluding hydrogens is 264 g/mol. The summed E-state index contributed by atoms with van der Waals surface area (Å²) in [6.45, 7) is 7.71. The van der Waals surface area contributed by atoms with Crippen LogP contribution in [0.25, 0.3) is 0 Å². The van der Waals surface area contributed by atoms with Crippen LogP contribution in [-0.2, 0) is 6.42 Å². The summed E-state index contributed by atoms with van der Waals surface area (Å²) in [6.07, 6.45) is 4.01. The molecule has 0 amide bonds. The van der Waals surface area contributed by atoms with Crippen LogP contribution in [0.2, 0.25) is 0 Å². The monoisotopic (exact) mass is 288 g/mol. The van der Waals surface area contributed by atoms with Gasteiger partial charge in [0, 0.05) is 24.0 Å². The fraction of sp³-hybridized carbons (Fsp3) is 0.471. The first kappa shape index (κ1) is 15.2. The fourth-order valence-corrected chi connectivity index (χ4v) is 2.93. The van der Waals surface area contributed by atoms with Gasteiger partial charge in [-0.25, -0.2) is 4.98 Å². The van der Waals surface area contributed by atoms with Crippen molar-refractivity contribution in [3.05, 3.63) is 52.0 Å². The molecule has 108 valence electrons. The SMILES string of the molecule is CCCNC(Cc1nccs1)c1ccc(C(C)C)cc1. The molecule has 1 heterocycles. The largest absolute Gasteiger partial charge is 0.310 e. The van der Waals surface area contributed by atoms with E-state index in [0.29, 0.717) is 12.0 Å². The lowest BCUT2D eigenvalue weighted by atomic mass is 9.98. The van der Waals surface area contributed by atoms with Gasteiger partial charge in [0.05, 0.1) is 5.01 Å². The molecule has 0 radical (unpaired) electrons. The van der Waals surface area contributed by atoms with E-state index in [1.807, 2.05) is 11.6 Å². The van der Waals surface area contributed by atoms with Crippen molar-refractivity contribution in [1.29, 1.82) is 0 Å². The standard InChI is InChI=1S/C17H24N2S/c1-4-9-18-16(12-17-19-10-11-20-17)15-7-5-14(6-8-15)13(2)3/h5-8,10-11,13,16,18H,4,9,12H2,1-3H3. The summed E-state index contributed by atoms with van der Waals surface area (Å²) in [5.74, 6) is 0.588. The molecule has 2 aromatic rings. The van der Waals surface area contributed by atoms with Crippen molar-refractivity contribution in [3.8, 4) is 0 Å². The van der Waals surface area contributed by atoms with Gasteiger partial charge in [0.25, 0.3) is 0 Å². The molecule has 0 saturated carbocycles. The minimum Gasteiger partial charge on any atom is -0.310 e. The highest BCUT2D eigenvalue weighted by Crippen LogP contribution is 2.22. The van der Waals surface area contributed by atoms with Crippen molar-refractivity contribution in [3.63, 3.8) is 0 Å². The number of thiazole rings is 1. The maximum Gasteiger partial charge on any atom is 0.0943 e. The molecule has 1 N–H and O–H groups in total. The summed E-state index contributed by atoms with van der Waals surface area (Å²) < 4.78 is 0. The zero-order valence-corrected chi connectivity index (χ0v) is 13.4. The number of hydrogen-bond acceptors (Lipinski definition) is 3. The van der Waals surface area contributed by atoms with Crippen LogP contribution in [0.4, 0.5) is 0 Å². The third-order valence-corrected chi connectivity index (χ3v) is 4.31. The highest BCUT2D eigenvalue weighted by atomic mass is 32.1. The second-order valence-electron chi connectivity index (χ2n) is 5.46. The van der Waals surface area contributed by atoms with E-state index < -0.39 is 0 Å². The van der Waals surface area contributed by atoms with Crippen LogP contribution in [-0.4, -0.2) is 11.5 Å². The third-order valence-electron chi connectivity index (χ3n) is 3.51. The molecule has 1 atom stereocenters. The van der Waals surface area contributed by atoms with Crippen LogP contribution in [0, 0.1) is 0 Å². The summed E-state index contributed by atoms with van der Waals surface area (Å²) in [6, 6.07) is 9.39. The Bertz CT molecular complexity index is 488. The first-order chi connectivity index (χ1) is 9.70. The molecule has 0 bridgehead atoms. The van der Waals surface area contributed by atoms with Crippen LogP contribution in [0.5, 0.6) is 0 Å². The molecule has 0 aliphatic heterocycles. The van der Waals surface area contributed by atoms with Crippen LogP contribution in [0.1, 0.15) is 55.3 Å². The van der Waals surface area contributed by atoms with Gasteiger partial charge in [0.2, 0.25) is 0 Å². The van der Waals surface area contributed by atoms with Crippen LogP contribution in [0.3, 0.4) is 0 Å². The number of nitrogens with zero attached hydrogens (tertiary/aromatic N) is 1. The Balaban J connectivity index is 2.12. The summed E-state index contributed by atoms with van der Waals surface area (Å²) in [5.41, 5.74) is 2.76. The smallest absolute Gasteiger partial charge is 0.0943 e. The Kier molecular flexibility index (Phi) is 5.74. The average Bonchev–Trinajstić information content (AvgIpc) is 2.96. The van der Waals surface area contributed by atoms with Crippen LogP contribution in [0.15, 0.2) is 35.8 Å². The molecule has 0 saturated heterocycles. The lowest BCUT2D eigenvalue weighted by molar-refractivity contribution is 0.528. The number of benzene rings is 1. The first-order valence-electron chi connectivity index (χ1n) is 7.42. The van der Waals surface area contributed by atoms with Gasteiger partial charge < -0.3 is 5.32 Å². The van der Waals surface area contributed by atoms with Gasteiger partial charge >= 0.3 is 0 Å². The quantitative estimate of drug-likeness (QED) is 0.808. The maximum absolute atomic E-state index is 4.41. The van der Waals surface area contributed by atoms with Gasteiger partial charge in [0.15, 0.2) is 0 Å². The lowest BCUT2D eigenvalue weighted by Crippen LogP contribution is -2.24. The topological polar surface area (TPSA) is 24.9 Å². The second-order valence-corrected chi connectivity index (χ2v) is 6.44. The molecule has 1 aromatic carbocycles. The van der Waals surface area contributed by atoms with Crippen molar-refractivity contribution in [1.82, 2.24) is 10.3 Å². The van der Waals surface area contributed by atoms with E-state index in [1.54, 1.807) is 11.3 Å². The summed E-state index contributed by atoms with van der Waals surface area (Å²) >= 11 is 1.74. The number of nitrogens with one attached hydrogen (secondary N) is 1. The Labute approximate surface area is 126 Å². The van der Waals surface area contributed by atoms with Crippen molar-refractivity contribution in [2.24, 2.45) is 0 Å². The van der Waals surface area contributed by atoms with E-state index in [0.717, 1.165) is 19.4 Å². The van der Waals surface area contributed by atoms with E-state index in [9.17, 15) is 0 Å². The Morgan fingerprint density at radius 2 is 1.85 bits per heavy atom. The Morgan fingerprint density at radius 3 is 2.40 bits per heavy atom. The van der Waals surface area contributed by atoms with Crippen molar-refractivity contribution in [2.75, 3.05) is 6.54 Å². The molecule has 0 aliphatic rings. The number of rotatable bonds is 7. The van der Waals surface area contributed by atoms with Gasteiger partial charge in [-0.2, -0.15) is 0 Å². The average molecular weight is 288 g/mol. The molecule has 0 spiro atoms. The van der Waals surface area contributed by atoms with E-state index in [1.165, 1.54) is 16.1 Å². The second kappa shape index (κ2) is 7.55. The van der Waals surface area contributed by atoms with E-state index in [2.05, 4.69) is 55.3 Å². The zero-order valence-electron chi connectivity index (χ0n) is 12.6. The van der Waals surface area contributed by atoms with Crippen LogP contribution < -0.4 is 5.32 Å². The van der Waals surface area contributed by atoms with Gasteiger partial charge in [-0.3, -0.25) is 0 Å². The third kappa shape index (κ3) is 4.15. The minimum absolute atomic E-state index is 0.363. The molecule has 3 heteroatoms. The van der Waals surface area contributed by atoms with Crippen LogP contribution >= 0.6 is 11.3 Å². The predicted molar refractivity (Wildman–Crippen MR) is 87.4 cm³/mol. The Hall–Kier alpha value is -1.19. The maximum atomic E-state index is 4.41. The molecule has 1 aromatic heterocycles. The normalized spacial score (nSPS) is 12.8. The van der Waals surface area contributed by atoms with Gasteiger partial charge in [-0.05, 0) is 30.0 Å². The first-order valence-corrected chi connectivity index (χ1v) is 8.30. The zero-order chi connectivity index (χ0) is 14.4. The van der Waals surface area contributed by atoms with Gasteiger partial charge in [-0.15, -0.1) is 11.3 Å². The fourth-order valence-electron chi connectivity index (χ4n) is 2.27. The lowest BCUT2D eigenvalue weighted by Gasteiger charge is -2.19. The van der Waals surface area contributed by atoms with E-state index in [-0.39, 0.29) is 0 Å². The molecule has 0 fully saturated rings. The molecular formula is C17H24N2S. The molecule has 2 nitrogen and oxygen atoms in total. The van der Waals surface area contributed by atoms with Gasteiger partial charge in [-0.1, -0.05) is 45.0 Å². The molecule has 20 heavy (non-hydrogen) atoms. The number of aromatic nitrogens is 1. The van der Waals surface area contributed by atoms with Gasteiger partial charge in [0.1, 0.15) is 0 Å². The summed E-state index contributed by atoms with van der Waals surface area (Å²) in [5, 5.41) is 6.89. The highest BCUT2D eigenvalue weighted by Gasteiger charge is 2.13. The van der Waals surface area contributed by atoms with E-state index >= 15 is 0 Å². The van der Waals surface area contributed by atoms with Crippen molar-refractivity contribution in [2.45, 2.75) is 45.6 Å². The minimum atomic E-state index is 0.363. The van der Waals surface area contributed by atoms with E-state index in [4.69, 9.17) is 0 Å².